The minimum Gasteiger partial charge on any atom is -0.465 e. The molecule has 1 aromatic carbocycles. The molecule has 1 fully saturated rings. The maximum atomic E-state index is 12.5. The standard InChI is InChI=1S/C18H26N2O3/c1-3-23-17(21)13-19-18(22)20-12-6-4-5-7-16(20)15-10-8-14(2)9-11-15/h8-11,16H,3-7,12-13H2,1-2H3,(H,19,22)/t16-/m0/s1. The Morgan fingerprint density at radius 3 is 2.65 bits per heavy atom. The van der Waals surface area contributed by atoms with Crippen molar-refractivity contribution >= 4 is 12.0 Å². The number of hydrogen-bond acceptors (Lipinski definition) is 3. The number of hydrogen-bond donors (Lipinski definition) is 1. The van der Waals surface area contributed by atoms with Crippen molar-refractivity contribution < 1.29 is 14.3 Å². The minimum atomic E-state index is -0.400. The fraction of sp³-hybridized carbons (Fsp3) is 0.556. The van der Waals surface area contributed by atoms with Crippen molar-refractivity contribution in [3.63, 3.8) is 0 Å². The van der Waals surface area contributed by atoms with Gasteiger partial charge in [0.2, 0.25) is 0 Å². The van der Waals surface area contributed by atoms with Crippen molar-refractivity contribution in [3.8, 4) is 0 Å². The Labute approximate surface area is 138 Å². The van der Waals surface area contributed by atoms with E-state index in [-0.39, 0.29) is 18.6 Å². The molecule has 0 unspecified atom stereocenters. The summed E-state index contributed by atoms with van der Waals surface area (Å²) in [6.45, 7) is 4.77. The van der Waals surface area contributed by atoms with E-state index in [1.54, 1.807) is 6.92 Å². The number of carbonyl (C=O) groups is 2. The summed E-state index contributed by atoms with van der Waals surface area (Å²) in [5, 5.41) is 2.69. The average molecular weight is 318 g/mol. The smallest absolute Gasteiger partial charge is 0.325 e. The molecule has 2 amide bonds. The van der Waals surface area contributed by atoms with Gasteiger partial charge in [-0.3, -0.25) is 4.79 Å². The lowest BCUT2D eigenvalue weighted by Crippen LogP contribution is -2.44. The molecule has 0 spiro atoms. The van der Waals surface area contributed by atoms with Crippen LogP contribution in [-0.4, -0.2) is 36.6 Å². The van der Waals surface area contributed by atoms with Crippen LogP contribution in [0, 0.1) is 6.92 Å². The zero-order chi connectivity index (χ0) is 16.7. The predicted molar refractivity (Wildman–Crippen MR) is 89.1 cm³/mol. The van der Waals surface area contributed by atoms with Gasteiger partial charge in [0, 0.05) is 6.54 Å². The van der Waals surface area contributed by atoms with Crippen LogP contribution in [0.1, 0.15) is 49.8 Å². The lowest BCUT2D eigenvalue weighted by molar-refractivity contribution is -0.141. The third-order valence-corrected chi connectivity index (χ3v) is 4.17. The largest absolute Gasteiger partial charge is 0.465 e. The normalized spacial score (nSPS) is 18.2. The third kappa shape index (κ3) is 4.98. The summed E-state index contributed by atoms with van der Waals surface area (Å²) in [5.74, 6) is -0.400. The Morgan fingerprint density at radius 2 is 1.96 bits per heavy atom. The second-order valence-electron chi connectivity index (χ2n) is 5.93. The van der Waals surface area contributed by atoms with Crippen LogP contribution < -0.4 is 5.32 Å². The fourth-order valence-electron chi connectivity index (χ4n) is 2.95. The Balaban J connectivity index is 2.06. The molecule has 2 rings (SSSR count). The van der Waals surface area contributed by atoms with Crippen LogP contribution in [0.2, 0.25) is 0 Å². The molecular weight excluding hydrogens is 292 g/mol. The van der Waals surface area contributed by atoms with Gasteiger partial charge in [-0.15, -0.1) is 0 Å². The topological polar surface area (TPSA) is 58.6 Å². The van der Waals surface area contributed by atoms with Crippen LogP contribution in [0.4, 0.5) is 4.79 Å². The highest BCUT2D eigenvalue weighted by molar-refractivity contribution is 5.81. The summed E-state index contributed by atoms with van der Waals surface area (Å²) in [6.07, 6.45) is 4.19. The van der Waals surface area contributed by atoms with Crippen LogP contribution >= 0.6 is 0 Å². The van der Waals surface area contributed by atoms with Gasteiger partial charge in [0.15, 0.2) is 0 Å². The summed E-state index contributed by atoms with van der Waals surface area (Å²) in [7, 11) is 0. The predicted octanol–water partition coefficient (Wildman–Crippen LogP) is 3.18. The molecule has 1 N–H and O–H groups in total. The zero-order valence-corrected chi connectivity index (χ0v) is 14.0. The van der Waals surface area contributed by atoms with Gasteiger partial charge in [0.25, 0.3) is 0 Å². The summed E-state index contributed by atoms with van der Waals surface area (Å²) in [4.78, 5) is 25.8. The van der Waals surface area contributed by atoms with E-state index in [0.717, 1.165) is 31.2 Å². The van der Waals surface area contributed by atoms with E-state index in [9.17, 15) is 9.59 Å². The van der Waals surface area contributed by atoms with Crippen LogP contribution in [0.3, 0.4) is 0 Å². The van der Waals surface area contributed by atoms with Gasteiger partial charge in [-0.05, 0) is 32.3 Å². The Morgan fingerprint density at radius 1 is 1.22 bits per heavy atom. The van der Waals surface area contributed by atoms with Crippen LogP contribution in [0.15, 0.2) is 24.3 Å². The number of ether oxygens (including phenoxy) is 1. The summed E-state index contributed by atoms with van der Waals surface area (Å²) >= 11 is 0. The van der Waals surface area contributed by atoms with E-state index < -0.39 is 5.97 Å². The van der Waals surface area contributed by atoms with Crippen molar-refractivity contribution in [2.75, 3.05) is 19.7 Å². The number of likely N-dealkylation sites (tertiary alicyclic amines) is 1. The molecule has 1 heterocycles. The Hall–Kier alpha value is -2.04. The van der Waals surface area contributed by atoms with Crippen molar-refractivity contribution in [2.24, 2.45) is 0 Å². The maximum Gasteiger partial charge on any atom is 0.325 e. The molecule has 1 aliphatic heterocycles. The van der Waals surface area contributed by atoms with Crippen LogP contribution in [-0.2, 0) is 9.53 Å². The summed E-state index contributed by atoms with van der Waals surface area (Å²) < 4.78 is 4.86. The SMILES string of the molecule is CCOC(=O)CNC(=O)N1CCCCC[C@H]1c1ccc(C)cc1. The molecule has 126 valence electrons. The van der Waals surface area contributed by atoms with Gasteiger partial charge in [-0.25, -0.2) is 4.79 Å². The van der Waals surface area contributed by atoms with Gasteiger partial charge in [-0.2, -0.15) is 0 Å². The number of benzene rings is 1. The van der Waals surface area contributed by atoms with Crippen molar-refractivity contribution in [1.82, 2.24) is 10.2 Å². The van der Waals surface area contributed by atoms with Crippen molar-refractivity contribution in [1.29, 1.82) is 0 Å². The Bertz CT molecular complexity index is 528. The second kappa shape index (κ2) is 8.56. The fourth-order valence-corrected chi connectivity index (χ4v) is 2.95. The molecular formula is C18H26N2O3. The molecule has 23 heavy (non-hydrogen) atoms. The number of nitrogens with one attached hydrogen (secondary N) is 1. The molecule has 1 saturated heterocycles. The monoisotopic (exact) mass is 318 g/mol. The molecule has 5 heteroatoms. The van der Waals surface area contributed by atoms with E-state index in [0.29, 0.717) is 13.2 Å². The molecule has 1 aliphatic rings. The number of nitrogens with zero attached hydrogens (tertiary/aromatic N) is 1. The minimum absolute atomic E-state index is 0.0697. The van der Waals surface area contributed by atoms with Crippen molar-refractivity contribution in [3.05, 3.63) is 35.4 Å². The molecule has 0 bridgehead atoms. The zero-order valence-electron chi connectivity index (χ0n) is 14.0. The molecule has 0 saturated carbocycles. The Kier molecular flexibility index (Phi) is 6.44. The van der Waals surface area contributed by atoms with Gasteiger partial charge in [0.1, 0.15) is 6.54 Å². The lowest BCUT2D eigenvalue weighted by atomic mass is 10.00. The first kappa shape index (κ1) is 17.3. The van der Waals surface area contributed by atoms with E-state index in [1.807, 2.05) is 4.90 Å². The number of rotatable bonds is 4. The number of aryl methyl sites for hydroxylation is 1. The summed E-state index contributed by atoms with van der Waals surface area (Å²) in [5.41, 5.74) is 2.37. The van der Waals surface area contributed by atoms with E-state index in [2.05, 4.69) is 36.5 Å². The molecule has 0 radical (unpaired) electrons. The highest BCUT2D eigenvalue weighted by atomic mass is 16.5. The number of amides is 2. The van der Waals surface area contributed by atoms with Gasteiger partial charge < -0.3 is 15.0 Å². The lowest BCUT2D eigenvalue weighted by Gasteiger charge is -2.30. The number of carbonyl (C=O) groups excluding carboxylic acids is 2. The molecule has 1 atom stereocenters. The average Bonchev–Trinajstić information content (AvgIpc) is 2.79. The quantitative estimate of drug-likeness (QED) is 0.867. The van der Waals surface area contributed by atoms with Crippen LogP contribution in [0.25, 0.3) is 0 Å². The second-order valence-corrected chi connectivity index (χ2v) is 5.93. The van der Waals surface area contributed by atoms with E-state index in [1.165, 1.54) is 5.56 Å². The number of urea groups is 1. The first-order chi connectivity index (χ1) is 11.1. The molecule has 1 aromatic rings. The van der Waals surface area contributed by atoms with Crippen molar-refractivity contribution in [2.45, 2.75) is 45.6 Å². The highest BCUT2D eigenvalue weighted by Gasteiger charge is 2.26. The first-order valence-corrected chi connectivity index (χ1v) is 8.38. The molecule has 0 aromatic heterocycles. The van der Waals surface area contributed by atoms with E-state index in [4.69, 9.17) is 4.74 Å². The van der Waals surface area contributed by atoms with Gasteiger partial charge in [-0.1, -0.05) is 42.7 Å². The third-order valence-electron chi connectivity index (χ3n) is 4.17. The van der Waals surface area contributed by atoms with Gasteiger partial charge in [0.05, 0.1) is 12.6 Å². The first-order valence-electron chi connectivity index (χ1n) is 8.38. The molecule has 0 aliphatic carbocycles. The highest BCUT2D eigenvalue weighted by Crippen LogP contribution is 2.30. The number of esters is 1. The maximum absolute atomic E-state index is 12.5. The van der Waals surface area contributed by atoms with Crippen LogP contribution in [0.5, 0.6) is 0 Å². The molecule has 5 nitrogen and oxygen atoms in total. The van der Waals surface area contributed by atoms with Gasteiger partial charge >= 0.3 is 12.0 Å². The summed E-state index contributed by atoms with van der Waals surface area (Å²) in [6, 6.07) is 8.23. The van der Waals surface area contributed by atoms with E-state index >= 15 is 0 Å².